The second-order valence-corrected chi connectivity index (χ2v) is 8.96. The van der Waals surface area contributed by atoms with E-state index in [4.69, 9.17) is 5.11 Å². The smallest absolute Gasteiger partial charge is 0.356 e. The molecule has 0 atom stereocenters. The Morgan fingerprint density at radius 3 is 2.17 bits per heavy atom. The summed E-state index contributed by atoms with van der Waals surface area (Å²) >= 11 is 0. The van der Waals surface area contributed by atoms with Crippen molar-refractivity contribution in [3.8, 4) is 11.3 Å². The molecule has 124 valence electrons. The lowest BCUT2D eigenvalue weighted by Gasteiger charge is -2.12. The summed E-state index contributed by atoms with van der Waals surface area (Å²) in [6.07, 6.45) is 1.81. The molecule has 0 aliphatic heterocycles. The number of benzene rings is 1. The van der Waals surface area contributed by atoms with Gasteiger partial charge in [0.2, 0.25) is 0 Å². The van der Waals surface area contributed by atoms with Gasteiger partial charge in [0.1, 0.15) is 0 Å². The SMILES string of the molecule is Cn1nc(C(=O)O)cc1-c1cccc(S(C)(=O)=O)c1S(C)(=O)=O. The first kappa shape index (κ1) is 17.2. The third-order valence-electron chi connectivity index (χ3n) is 3.12. The minimum Gasteiger partial charge on any atom is -0.476 e. The van der Waals surface area contributed by atoms with E-state index in [1.807, 2.05) is 0 Å². The number of nitrogens with zero attached hydrogens (tertiary/aromatic N) is 2. The van der Waals surface area contributed by atoms with E-state index < -0.39 is 25.6 Å². The predicted octanol–water partition coefficient (Wildman–Crippen LogP) is 0.592. The Bertz CT molecular complexity index is 1000. The summed E-state index contributed by atoms with van der Waals surface area (Å²) in [4.78, 5) is 10.3. The van der Waals surface area contributed by atoms with Crippen LogP contribution in [0.25, 0.3) is 11.3 Å². The highest BCUT2D eigenvalue weighted by Crippen LogP contribution is 2.32. The van der Waals surface area contributed by atoms with Crippen molar-refractivity contribution in [3.05, 3.63) is 30.0 Å². The number of aryl methyl sites for hydroxylation is 1. The molecule has 0 spiro atoms. The number of carboxylic acid groups (broad SMARTS) is 1. The average molecular weight is 358 g/mol. The highest BCUT2D eigenvalue weighted by atomic mass is 32.2. The topological polar surface area (TPSA) is 123 Å². The minimum atomic E-state index is -3.89. The Morgan fingerprint density at radius 1 is 1.13 bits per heavy atom. The largest absolute Gasteiger partial charge is 0.476 e. The lowest BCUT2D eigenvalue weighted by molar-refractivity contribution is 0.0689. The highest BCUT2D eigenvalue weighted by molar-refractivity contribution is 7.93. The molecule has 10 heteroatoms. The van der Waals surface area contributed by atoms with Gasteiger partial charge < -0.3 is 5.11 Å². The molecule has 0 bridgehead atoms. The van der Waals surface area contributed by atoms with Gasteiger partial charge in [-0.1, -0.05) is 12.1 Å². The predicted molar refractivity (Wildman–Crippen MR) is 81.8 cm³/mol. The molecule has 0 unspecified atom stereocenters. The van der Waals surface area contributed by atoms with Crippen molar-refractivity contribution >= 4 is 25.6 Å². The van der Waals surface area contributed by atoms with Crippen LogP contribution in [-0.2, 0) is 26.7 Å². The Balaban J connectivity index is 2.92. The van der Waals surface area contributed by atoms with E-state index >= 15 is 0 Å². The van der Waals surface area contributed by atoms with Gasteiger partial charge in [-0.05, 0) is 12.1 Å². The molecule has 2 rings (SSSR count). The van der Waals surface area contributed by atoms with Gasteiger partial charge in [-0.25, -0.2) is 21.6 Å². The van der Waals surface area contributed by atoms with Gasteiger partial charge in [0.15, 0.2) is 25.4 Å². The second kappa shape index (κ2) is 5.46. The zero-order valence-corrected chi connectivity index (χ0v) is 14.1. The highest BCUT2D eigenvalue weighted by Gasteiger charge is 2.26. The number of hydrogen-bond acceptors (Lipinski definition) is 6. The monoisotopic (exact) mass is 358 g/mol. The maximum absolute atomic E-state index is 12.1. The molecule has 23 heavy (non-hydrogen) atoms. The van der Waals surface area contributed by atoms with Crippen molar-refractivity contribution in [2.75, 3.05) is 12.5 Å². The van der Waals surface area contributed by atoms with E-state index in [1.54, 1.807) is 0 Å². The van der Waals surface area contributed by atoms with E-state index in [2.05, 4.69) is 5.10 Å². The number of carboxylic acids is 1. The molecule has 0 amide bonds. The van der Waals surface area contributed by atoms with Crippen LogP contribution in [0.1, 0.15) is 10.5 Å². The molecular weight excluding hydrogens is 344 g/mol. The number of rotatable bonds is 4. The molecule has 8 nitrogen and oxygen atoms in total. The first-order valence-electron chi connectivity index (χ1n) is 6.23. The van der Waals surface area contributed by atoms with Crippen LogP contribution >= 0.6 is 0 Å². The van der Waals surface area contributed by atoms with Gasteiger partial charge in [-0.15, -0.1) is 0 Å². The quantitative estimate of drug-likeness (QED) is 0.848. The van der Waals surface area contributed by atoms with Crippen LogP contribution in [-0.4, -0.2) is 50.2 Å². The van der Waals surface area contributed by atoms with E-state index in [0.717, 1.165) is 12.5 Å². The van der Waals surface area contributed by atoms with E-state index in [9.17, 15) is 21.6 Å². The van der Waals surface area contributed by atoms with Gasteiger partial charge in [0.25, 0.3) is 0 Å². The molecule has 0 fully saturated rings. The number of hydrogen-bond donors (Lipinski definition) is 1. The fourth-order valence-electron chi connectivity index (χ4n) is 2.22. The first-order valence-corrected chi connectivity index (χ1v) is 10.0. The van der Waals surface area contributed by atoms with E-state index in [0.29, 0.717) is 0 Å². The molecule has 0 saturated carbocycles. The van der Waals surface area contributed by atoms with Crippen LogP contribution < -0.4 is 0 Å². The van der Waals surface area contributed by atoms with E-state index in [1.165, 1.54) is 36.0 Å². The van der Waals surface area contributed by atoms with Crippen molar-refractivity contribution in [3.63, 3.8) is 0 Å². The zero-order valence-electron chi connectivity index (χ0n) is 12.5. The van der Waals surface area contributed by atoms with Crippen LogP contribution in [0, 0.1) is 0 Å². The molecule has 2 aromatic rings. The lowest BCUT2D eigenvalue weighted by atomic mass is 10.1. The fourth-order valence-corrected chi connectivity index (χ4v) is 4.90. The van der Waals surface area contributed by atoms with Gasteiger partial charge in [-0.2, -0.15) is 5.10 Å². The summed E-state index contributed by atoms with van der Waals surface area (Å²) in [5.74, 6) is -1.27. The number of aromatic carboxylic acids is 1. The molecule has 1 aromatic carbocycles. The molecule has 0 aliphatic rings. The third-order valence-corrected chi connectivity index (χ3v) is 5.57. The van der Waals surface area contributed by atoms with Crippen molar-refractivity contribution in [1.82, 2.24) is 9.78 Å². The number of sulfone groups is 2. The lowest BCUT2D eigenvalue weighted by Crippen LogP contribution is -2.10. The molecule has 0 saturated heterocycles. The Morgan fingerprint density at radius 2 is 1.74 bits per heavy atom. The van der Waals surface area contributed by atoms with Gasteiger partial charge in [0.05, 0.1) is 15.5 Å². The Labute approximate surface area is 133 Å². The van der Waals surface area contributed by atoms with Crippen molar-refractivity contribution in [2.45, 2.75) is 9.79 Å². The van der Waals surface area contributed by atoms with Crippen molar-refractivity contribution in [2.24, 2.45) is 7.05 Å². The van der Waals surface area contributed by atoms with Crippen LogP contribution in [0.4, 0.5) is 0 Å². The maximum Gasteiger partial charge on any atom is 0.356 e. The van der Waals surface area contributed by atoms with Crippen LogP contribution in [0.2, 0.25) is 0 Å². The summed E-state index contributed by atoms with van der Waals surface area (Å²) in [7, 11) is -6.24. The normalized spacial score (nSPS) is 12.3. The van der Waals surface area contributed by atoms with Crippen LogP contribution in [0.5, 0.6) is 0 Å². The standard InChI is InChI=1S/C13H14N2O6S2/c1-15-10(7-9(14-15)13(16)17)8-5-4-6-11(22(2,18)19)12(8)23(3,20)21/h4-7H,1-3H3,(H,16,17). The van der Waals surface area contributed by atoms with Gasteiger partial charge in [-0.3, -0.25) is 4.68 Å². The summed E-state index contributed by atoms with van der Waals surface area (Å²) in [5.41, 5.74) is -0.00189. The van der Waals surface area contributed by atoms with Crippen LogP contribution in [0.3, 0.4) is 0 Å². The zero-order chi connectivity index (χ0) is 17.6. The van der Waals surface area contributed by atoms with Gasteiger partial charge in [0, 0.05) is 25.1 Å². The summed E-state index contributed by atoms with van der Waals surface area (Å²) in [6.45, 7) is 0. The number of carbonyl (C=O) groups is 1. The summed E-state index contributed by atoms with van der Waals surface area (Å²) in [6, 6.07) is 5.20. The van der Waals surface area contributed by atoms with Crippen molar-refractivity contribution < 1.29 is 26.7 Å². The van der Waals surface area contributed by atoms with E-state index in [-0.39, 0.29) is 26.7 Å². The second-order valence-electron chi connectivity index (χ2n) is 5.02. The summed E-state index contributed by atoms with van der Waals surface area (Å²) < 4.78 is 49.3. The Kier molecular flexibility index (Phi) is 4.07. The molecule has 0 radical (unpaired) electrons. The molecular formula is C13H14N2O6S2. The maximum atomic E-state index is 12.1. The third kappa shape index (κ3) is 3.27. The molecule has 1 aromatic heterocycles. The average Bonchev–Trinajstić information content (AvgIpc) is 2.78. The van der Waals surface area contributed by atoms with Crippen molar-refractivity contribution in [1.29, 1.82) is 0 Å². The van der Waals surface area contributed by atoms with Crippen LogP contribution in [0.15, 0.2) is 34.1 Å². The Hall–Kier alpha value is -2.20. The molecule has 1 heterocycles. The fraction of sp³-hybridized carbons (Fsp3) is 0.231. The minimum absolute atomic E-state index is 0.0814. The first-order chi connectivity index (χ1) is 10.4. The molecule has 1 N–H and O–H groups in total. The molecule has 0 aliphatic carbocycles. The van der Waals surface area contributed by atoms with Gasteiger partial charge >= 0.3 is 5.97 Å². The summed E-state index contributed by atoms with van der Waals surface area (Å²) in [5, 5.41) is 12.8. The number of aromatic nitrogens is 2.